The first-order chi connectivity index (χ1) is 13.8. The molecule has 0 saturated heterocycles. The van der Waals surface area contributed by atoms with E-state index in [4.69, 9.17) is 4.52 Å². The van der Waals surface area contributed by atoms with Crippen LogP contribution < -0.4 is 15.9 Å². The monoisotopic (exact) mass is 381 g/mol. The van der Waals surface area contributed by atoms with E-state index in [1.807, 2.05) is 0 Å². The van der Waals surface area contributed by atoms with Gasteiger partial charge in [-0.3, -0.25) is 0 Å². The zero-order valence-corrected chi connectivity index (χ0v) is 16.7. The molecule has 1 nitrogen and oxygen atoms in total. The maximum Gasteiger partial charge on any atom is 0.244 e. The van der Waals surface area contributed by atoms with Gasteiger partial charge in [0.15, 0.2) is 6.10 Å². The lowest BCUT2D eigenvalue weighted by Crippen LogP contribution is -2.29. The molecule has 0 radical (unpaired) electrons. The maximum atomic E-state index is 7.13. The zero-order chi connectivity index (χ0) is 19.0. The van der Waals surface area contributed by atoms with Crippen LogP contribution in [0.2, 0.25) is 0 Å². The third kappa shape index (κ3) is 2.71. The molecule has 4 aromatic carbocycles. The molecule has 2 heteroatoms. The van der Waals surface area contributed by atoms with Crippen molar-refractivity contribution in [3.8, 4) is 0 Å². The number of fused-ring (bicyclic) bond motifs is 1. The molecule has 1 aliphatic rings. The molecule has 4 aromatic rings. The second-order valence-corrected chi connectivity index (χ2v) is 10.2. The molecule has 0 spiro atoms. The minimum atomic E-state index is -2.18. The van der Waals surface area contributed by atoms with Crippen molar-refractivity contribution in [1.82, 2.24) is 0 Å². The minimum absolute atomic E-state index is 0.0504. The number of benzene rings is 4. The third-order valence-corrected chi connectivity index (χ3v) is 9.11. The first-order valence-corrected chi connectivity index (χ1v) is 11.3. The lowest BCUT2D eigenvalue weighted by atomic mass is 10.0. The highest BCUT2D eigenvalue weighted by Crippen LogP contribution is 2.65. The Labute approximate surface area is 167 Å². The van der Waals surface area contributed by atoms with E-state index in [2.05, 4.69) is 116 Å². The second-order valence-electron chi connectivity index (χ2n) is 7.24. The molecule has 0 N–H and O–H groups in total. The Morgan fingerprint density at radius 3 is 1.75 bits per heavy atom. The van der Waals surface area contributed by atoms with Crippen molar-refractivity contribution in [2.75, 3.05) is 0 Å². The summed E-state index contributed by atoms with van der Waals surface area (Å²) < 4.78 is 7.13. The molecule has 28 heavy (non-hydrogen) atoms. The van der Waals surface area contributed by atoms with E-state index in [-0.39, 0.29) is 6.10 Å². The van der Waals surface area contributed by atoms with Crippen molar-refractivity contribution < 1.29 is 4.52 Å². The van der Waals surface area contributed by atoms with E-state index in [1.165, 1.54) is 32.6 Å². The summed E-state index contributed by atoms with van der Waals surface area (Å²) in [6.45, 7) is 2.12. The fourth-order valence-electron chi connectivity index (χ4n) is 4.07. The summed E-state index contributed by atoms with van der Waals surface area (Å²) in [5, 5.41) is 3.87. The Morgan fingerprint density at radius 1 is 0.607 bits per heavy atom. The van der Waals surface area contributed by atoms with Crippen molar-refractivity contribution in [2.24, 2.45) is 0 Å². The number of rotatable bonds is 3. The topological polar surface area (TPSA) is 9.23 Å². The molecule has 1 heterocycles. The SMILES string of the molecule is Cc1ccc(C2O[P+](c3ccccc3)(c3ccccc3)c3ccccc32)cc1. The highest BCUT2D eigenvalue weighted by molar-refractivity contribution is 7.92. The van der Waals surface area contributed by atoms with Crippen LogP contribution in [0.15, 0.2) is 109 Å². The van der Waals surface area contributed by atoms with E-state index < -0.39 is 7.49 Å². The van der Waals surface area contributed by atoms with Crippen LogP contribution in [0.3, 0.4) is 0 Å². The molecular weight excluding hydrogens is 359 g/mol. The lowest BCUT2D eigenvalue weighted by molar-refractivity contribution is 0.291. The van der Waals surface area contributed by atoms with E-state index in [9.17, 15) is 0 Å². The molecule has 0 bridgehead atoms. The molecule has 5 rings (SSSR count). The predicted octanol–water partition coefficient (Wildman–Crippen LogP) is 5.32. The standard InChI is InChI=1S/C26H22OP/c1-20-16-18-21(19-17-20)26-24-14-8-9-15-25(24)28(27-26,22-10-4-2-5-11-22)23-12-6-3-7-13-23/h2-19,26H,1H3/q+1. The summed E-state index contributed by atoms with van der Waals surface area (Å²) in [4.78, 5) is 0. The van der Waals surface area contributed by atoms with Crippen LogP contribution in [0.1, 0.15) is 22.8 Å². The van der Waals surface area contributed by atoms with Crippen LogP contribution in [-0.2, 0) is 4.52 Å². The Balaban J connectivity index is 1.77. The quantitative estimate of drug-likeness (QED) is 0.436. The molecule has 1 atom stereocenters. The predicted molar refractivity (Wildman–Crippen MR) is 119 cm³/mol. The smallest absolute Gasteiger partial charge is 0.209 e. The van der Waals surface area contributed by atoms with Gasteiger partial charge in [-0.05, 0) is 42.8 Å². The summed E-state index contributed by atoms with van der Waals surface area (Å²) in [6, 6.07) is 39.0. The Morgan fingerprint density at radius 2 is 1.14 bits per heavy atom. The van der Waals surface area contributed by atoms with Gasteiger partial charge in [0.25, 0.3) is 0 Å². The van der Waals surface area contributed by atoms with Gasteiger partial charge in [0.05, 0.1) is 0 Å². The molecule has 0 fully saturated rings. The van der Waals surface area contributed by atoms with Gasteiger partial charge in [-0.15, -0.1) is 0 Å². The van der Waals surface area contributed by atoms with Crippen molar-refractivity contribution >= 4 is 23.4 Å². The van der Waals surface area contributed by atoms with E-state index in [1.54, 1.807) is 0 Å². The molecule has 0 amide bonds. The Kier molecular flexibility index (Phi) is 4.36. The fraction of sp³-hybridized carbons (Fsp3) is 0.0769. The zero-order valence-electron chi connectivity index (χ0n) is 15.8. The van der Waals surface area contributed by atoms with Crippen molar-refractivity contribution in [1.29, 1.82) is 0 Å². The highest BCUT2D eigenvalue weighted by Gasteiger charge is 2.57. The van der Waals surface area contributed by atoms with Crippen molar-refractivity contribution in [3.05, 3.63) is 126 Å². The summed E-state index contributed by atoms with van der Waals surface area (Å²) in [5.74, 6) is 0. The summed E-state index contributed by atoms with van der Waals surface area (Å²) in [6.07, 6.45) is -0.0504. The highest BCUT2D eigenvalue weighted by atomic mass is 31.2. The summed E-state index contributed by atoms with van der Waals surface area (Å²) in [7, 11) is -2.18. The van der Waals surface area contributed by atoms with Crippen LogP contribution in [0.5, 0.6) is 0 Å². The first kappa shape index (κ1) is 17.4. The molecular formula is C26H22OP+. The van der Waals surface area contributed by atoms with Gasteiger partial charge < -0.3 is 0 Å². The van der Waals surface area contributed by atoms with Gasteiger partial charge in [-0.25, -0.2) is 4.52 Å². The number of hydrogen-bond donors (Lipinski definition) is 0. The van der Waals surface area contributed by atoms with Gasteiger partial charge in [0.1, 0.15) is 15.9 Å². The van der Waals surface area contributed by atoms with Crippen LogP contribution in [0.4, 0.5) is 0 Å². The normalized spacial score (nSPS) is 17.2. The van der Waals surface area contributed by atoms with Gasteiger partial charge in [-0.1, -0.05) is 84.4 Å². The number of hydrogen-bond acceptors (Lipinski definition) is 1. The molecule has 136 valence electrons. The van der Waals surface area contributed by atoms with Gasteiger partial charge in [0, 0.05) is 5.56 Å². The summed E-state index contributed by atoms with van der Waals surface area (Å²) >= 11 is 0. The molecule has 1 aliphatic heterocycles. The van der Waals surface area contributed by atoms with Gasteiger partial charge >= 0.3 is 0 Å². The Bertz CT molecular complexity index is 1050. The average molecular weight is 381 g/mol. The van der Waals surface area contributed by atoms with Crippen molar-refractivity contribution in [3.63, 3.8) is 0 Å². The van der Waals surface area contributed by atoms with E-state index in [0.29, 0.717) is 0 Å². The van der Waals surface area contributed by atoms with E-state index >= 15 is 0 Å². The number of aryl methyl sites for hydroxylation is 1. The van der Waals surface area contributed by atoms with Crippen LogP contribution >= 0.6 is 7.49 Å². The molecule has 0 aliphatic carbocycles. The molecule has 0 aromatic heterocycles. The third-order valence-electron chi connectivity index (χ3n) is 5.44. The van der Waals surface area contributed by atoms with Crippen LogP contribution in [0, 0.1) is 6.92 Å². The first-order valence-electron chi connectivity index (χ1n) is 9.64. The fourth-order valence-corrected chi connectivity index (χ4v) is 7.87. The van der Waals surface area contributed by atoms with Gasteiger partial charge in [0.2, 0.25) is 7.49 Å². The summed E-state index contributed by atoms with van der Waals surface area (Å²) in [5.41, 5.74) is 3.77. The van der Waals surface area contributed by atoms with Crippen molar-refractivity contribution in [2.45, 2.75) is 13.0 Å². The minimum Gasteiger partial charge on any atom is -0.209 e. The maximum absolute atomic E-state index is 7.13. The van der Waals surface area contributed by atoms with Gasteiger partial charge in [-0.2, -0.15) is 0 Å². The van der Waals surface area contributed by atoms with E-state index in [0.717, 1.165) is 0 Å². The lowest BCUT2D eigenvalue weighted by Gasteiger charge is -2.22. The average Bonchev–Trinajstić information content (AvgIpc) is 3.12. The second kappa shape index (κ2) is 7.02. The largest absolute Gasteiger partial charge is 0.244 e. The molecule has 0 saturated carbocycles. The molecule has 1 unspecified atom stereocenters. The Hall–Kier alpha value is -2.73. The van der Waals surface area contributed by atoms with Crippen LogP contribution in [0.25, 0.3) is 0 Å². The van der Waals surface area contributed by atoms with Crippen LogP contribution in [-0.4, -0.2) is 0 Å².